The quantitative estimate of drug-likeness (QED) is 0.665. The van der Waals surface area contributed by atoms with Crippen LogP contribution >= 0.6 is 0 Å². The zero-order valence-electron chi connectivity index (χ0n) is 16.2. The summed E-state index contributed by atoms with van der Waals surface area (Å²) in [4.78, 5) is 23.4. The molecule has 9 nitrogen and oxygen atoms in total. The van der Waals surface area contributed by atoms with Crippen LogP contribution in [-0.2, 0) is 9.53 Å². The van der Waals surface area contributed by atoms with Gasteiger partial charge in [-0.1, -0.05) is 0 Å². The van der Waals surface area contributed by atoms with Crippen LogP contribution in [0.5, 0.6) is 5.75 Å². The number of hydrogen-bond donors (Lipinski definition) is 3. The van der Waals surface area contributed by atoms with E-state index in [0.717, 1.165) is 30.2 Å². The molecule has 1 unspecified atom stereocenters. The monoisotopic (exact) mass is 396 g/mol. The number of aromatic nitrogens is 2. The Hall–Kier alpha value is -3.33. The van der Waals surface area contributed by atoms with Gasteiger partial charge in [-0.25, -0.2) is 9.97 Å². The zero-order chi connectivity index (χ0) is 20.2. The van der Waals surface area contributed by atoms with Gasteiger partial charge in [-0.05, 0) is 19.1 Å². The van der Waals surface area contributed by atoms with Gasteiger partial charge in [0, 0.05) is 37.7 Å². The van der Waals surface area contributed by atoms with Crippen LogP contribution in [0.15, 0.2) is 36.8 Å². The molecular weight excluding hydrogens is 372 g/mol. The third-order valence-corrected chi connectivity index (χ3v) is 4.82. The van der Waals surface area contributed by atoms with Gasteiger partial charge in [0.1, 0.15) is 11.9 Å². The molecule has 152 valence electrons. The number of ether oxygens (including phenoxy) is 2. The minimum Gasteiger partial charge on any atom is -0.487 e. The molecule has 0 spiro atoms. The number of benzene rings is 1. The van der Waals surface area contributed by atoms with E-state index in [4.69, 9.17) is 15.2 Å². The maximum atomic E-state index is 13.0. The van der Waals surface area contributed by atoms with Crippen molar-refractivity contribution in [3.8, 4) is 5.75 Å². The summed E-state index contributed by atoms with van der Waals surface area (Å²) < 4.78 is 11.4. The Bertz CT molecular complexity index is 912. The number of hydrogen-bond acceptors (Lipinski definition) is 8. The van der Waals surface area contributed by atoms with Crippen molar-refractivity contribution in [3.63, 3.8) is 0 Å². The highest BCUT2D eigenvalue weighted by Crippen LogP contribution is 2.39. The molecule has 3 heterocycles. The smallest absolute Gasteiger partial charge is 0.261 e. The summed E-state index contributed by atoms with van der Waals surface area (Å²) in [5, 5.41) is 6.32. The molecule has 2 aliphatic heterocycles. The molecule has 0 bridgehead atoms. The highest BCUT2D eigenvalue weighted by Gasteiger charge is 2.24. The molecule has 9 heteroatoms. The van der Waals surface area contributed by atoms with Gasteiger partial charge < -0.3 is 30.7 Å². The van der Waals surface area contributed by atoms with E-state index in [9.17, 15) is 4.79 Å². The van der Waals surface area contributed by atoms with E-state index in [1.165, 1.54) is 6.20 Å². The third kappa shape index (κ3) is 4.09. The zero-order valence-corrected chi connectivity index (χ0v) is 16.2. The van der Waals surface area contributed by atoms with Gasteiger partial charge in [-0.3, -0.25) is 4.79 Å². The fourth-order valence-electron chi connectivity index (χ4n) is 3.36. The highest BCUT2D eigenvalue weighted by molar-refractivity contribution is 6.25. The molecule has 4 N–H and O–H groups in total. The molecule has 2 aromatic rings. The number of nitrogens with zero attached hydrogens (tertiary/aromatic N) is 3. The lowest BCUT2D eigenvalue weighted by Crippen LogP contribution is -2.37. The molecule has 1 saturated heterocycles. The molecule has 1 aromatic carbocycles. The number of rotatable bonds is 4. The molecule has 0 aliphatic carbocycles. The predicted molar refractivity (Wildman–Crippen MR) is 111 cm³/mol. The van der Waals surface area contributed by atoms with Crippen molar-refractivity contribution in [1.29, 1.82) is 0 Å². The summed E-state index contributed by atoms with van der Waals surface area (Å²) in [6.45, 7) is 5.43. The first-order valence-electron chi connectivity index (χ1n) is 9.57. The molecule has 2 aliphatic rings. The first-order chi connectivity index (χ1) is 14.2. The number of carbonyl (C=O) groups excluding carboxylic acids is 1. The van der Waals surface area contributed by atoms with Crippen molar-refractivity contribution < 1.29 is 14.3 Å². The van der Waals surface area contributed by atoms with E-state index in [2.05, 4.69) is 25.5 Å². The topological polar surface area (TPSA) is 115 Å². The van der Waals surface area contributed by atoms with Crippen LogP contribution in [0.3, 0.4) is 0 Å². The minimum atomic E-state index is -0.377. The molecule has 1 aromatic heterocycles. The second-order valence-electron chi connectivity index (χ2n) is 6.88. The summed E-state index contributed by atoms with van der Waals surface area (Å²) in [6, 6.07) is 5.54. The summed E-state index contributed by atoms with van der Waals surface area (Å²) in [5.41, 5.74) is 8.28. The second-order valence-corrected chi connectivity index (χ2v) is 6.88. The lowest BCUT2D eigenvalue weighted by atomic mass is 10.1. The van der Waals surface area contributed by atoms with Crippen LogP contribution in [0.25, 0.3) is 5.57 Å². The van der Waals surface area contributed by atoms with E-state index in [1.54, 1.807) is 18.5 Å². The van der Waals surface area contributed by atoms with E-state index in [-0.39, 0.29) is 23.4 Å². The van der Waals surface area contributed by atoms with Gasteiger partial charge >= 0.3 is 0 Å². The minimum absolute atomic E-state index is 0.0717. The standard InChI is InChI=1S/C20H24N6O3/c1-13-12-24-16-9-15(17(10-18(16)29-13)26-5-7-28-8-6-26)25-20(27)14(11-21)19-22-3-2-4-23-19/h2-4,9-11,13,24H,5-8,12,21H2,1H3,(H,25,27)/b14-11+. The molecule has 29 heavy (non-hydrogen) atoms. The number of nitrogens with one attached hydrogen (secondary N) is 2. The Labute approximate surface area is 168 Å². The number of morpholine rings is 1. The summed E-state index contributed by atoms with van der Waals surface area (Å²) in [7, 11) is 0. The second kappa shape index (κ2) is 8.36. The van der Waals surface area contributed by atoms with E-state index in [0.29, 0.717) is 25.4 Å². The molecule has 1 fully saturated rings. The Balaban J connectivity index is 1.67. The largest absolute Gasteiger partial charge is 0.487 e. The Morgan fingerprint density at radius 3 is 2.79 bits per heavy atom. The number of fused-ring (bicyclic) bond motifs is 1. The van der Waals surface area contributed by atoms with Crippen LogP contribution in [0.4, 0.5) is 17.1 Å². The van der Waals surface area contributed by atoms with Crippen molar-refractivity contribution in [3.05, 3.63) is 42.6 Å². The lowest BCUT2D eigenvalue weighted by molar-refractivity contribution is -0.111. The number of amides is 1. The third-order valence-electron chi connectivity index (χ3n) is 4.82. The first-order valence-corrected chi connectivity index (χ1v) is 9.57. The predicted octanol–water partition coefficient (Wildman–Crippen LogP) is 1.44. The van der Waals surface area contributed by atoms with Crippen molar-refractivity contribution in [2.24, 2.45) is 5.73 Å². The Morgan fingerprint density at radius 1 is 1.31 bits per heavy atom. The van der Waals surface area contributed by atoms with Crippen molar-refractivity contribution >= 4 is 28.5 Å². The molecular formula is C20H24N6O3. The first kappa shape index (κ1) is 19.0. The van der Waals surface area contributed by atoms with Gasteiger partial charge in [0.15, 0.2) is 5.82 Å². The van der Waals surface area contributed by atoms with E-state index in [1.807, 2.05) is 19.1 Å². The summed E-state index contributed by atoms with van der Waals surface area (Å²) >= 11 is 0. The average molecular weight is 396 g/mol. The van der Waals surface area contributed by atoms with Gasteiger partial charge in [0.25, 0.3) is 5.91 Å². The van der Waals surface area contributed by atoms with Crippen LogP contribution in [-0.4, -0.2) is 54.8 Å². The van der Waals surface area contributed by atoms with Gasteiger partial charge in [-0.15, -0.1) is 0 Å². The maximum Gasteiger partial charge on any atom is 0.261 e. The summed E-state index contributed by atoms with van der Waals surface area (Å²) in [5.74, 6) is 0.663. The van der Waals surface area contributed by atoms with E-state index < -0.39 is 0 Å². The SMILES string of the molecule is CC1CNc2cc(NC(=O)/C(=C/N)c3ncccn3)c(N3CCOCC3)cc2O1. The van der Waals surface area contributed by atoms with Crippen molar-refractivity contribution in [2.75, 3.05) is 48.4 Å². The maximum absolute atomic E-state index is 13.0. The molecule has 4 rings (SSSR count). The normalized spacial score (nSPS) is 19.0. The van der Waals surface area contributed by atoms with Crippen molar-refractivity contribution in [2.45, 2.75) is 13.0 Å². The van der Waals surface area contributed by atoms with Crippen molar-refractivity contribution in [1.82, 2.24) is 9.97 Å². The average Bonchev–Trinajstić information content (AvgIpc) is 2.75. The van der Waals surface area contributed by atoms with Crippen LogP contribution in [0, 0.1) is 0 Å². The highest BCUT2D eigenvalue weighted by atomic mass is 16.5. The number of carbonyl (C=O) groups is 1. The van der Waals surface area contributed by atoms with E-state index >= 15 is 0 Å². The van der Waals surface area contributed by atoms with Crippen LogP contribution in [0.2, 0.25) is 0 Å². The Morgan fingerprint density at radius 2 is 2.07 bits per heavy atom. The van der Waals surface area contributed by atoms with Crippen LogP contribution < -0.4 is 26.0 Å². The number of anilines is 3. The molecule has 1 atom stereocenters. The Kier molecular flexibility index (Phi) is 5.48. The van der Waals surface area contributed by atoms with Gasteiger partial charge in [0.2, 0.25) is 0 Å². The molecule has 1 amide bonds. The fraction of sp³-hybridized carbons (Fsp3) is 0.350. The lowest BCUT2D eigenvalue weighted by Gasteiger charge is -2.33. The number of nitrogens with two attached hydrogens (primary N) is 1. The fourth-order valence-corrected chi connectivity index (χ4v) is 3.36. The van der Waals surface area contributed by atoms with Gasteiger partial charge in [0.05, 0.1) is 42.4 Å². The van der Waals surface area contributed by atoms with Crippen LogP contribution in [0.1, 0.15) is 12.7 Å². The summed E-state index contributed by atoms with van der Waals surface area (Å²) in [6.07, 6.45) is 4.43. The molecule has 0 radical (unpaired) electrons. The van der Waals surface area contributed by atoms with Gasteiger partial charge in [-0.2, -0.15) is 0 Å². The molecule has 0 saturated carbocycles.